The van der Waals surface area contributed by atoms with E-state index in [1.807, 2.05) is 17.5 Å². The molecule has 0 spiro atoms. The van der Waals surface area contributed by atoms with Gasteiger partial charge in [0.1, 0.15) is 11.5 Å². The molecule has 1 aliphatic rings. The van der Waals surface area contributed by atoms with Crippen LogP contribution >= 0.6 is 11.3 Å². The van der Waals surface area contributed by atoms with E-state index in [0.29, 0.717) is 5.56 Å². The van der Waals surface area contributed by atoms with Crippen LogP contribution in [0.4, 0.5) is 9.18 Å². The quantitative estimate of drug-likeness (QED) is 0.700. The number of hydrogen-bond acceptors (Lipinski definition) is 3. The Morgan fingerprint density at radius 1 is 1.19 bits per heavy atom. The van der Waals surface area contributed by atoms with Gasteiger partial charge in [-0.2, -0.15) is 0 Å². The number of urea groups is 1. The zero-order chi connectivity index (χ0) is 14.8. The lowest BCUT2D eigenvalue weighted by Gasteiger charge is -2.11. The van der Waals surface area contributed by atoms with Gasteiger partial charge in [-0.3, -0.25) is 9.69 Å². The maximum Gasteiger partial charge on any atom is 0.329 e. The summed E-state index contributed by atoms with van der Waals surface area (Å²) in [5.74, 6) is -0.730. The zero-order valence-electron chi connectivity index (χ0n) is 10.9. The lowest BCUT2D eigenvalue weighted by Crippen LogP contribution is -2.30. The number of rotatable bonds is 3. The van der Waals surface area contributed by atoms with Crippen molar-refractivity contribution in [3.8, 4) is 0 Å². The van der Waals surface area contributed by atoms with Crippen molar-refractivity contribution in [3.63, 3.8) is 0 Å². The molecule has 1 aromatic carbocycles. The van der Waals surface area contributed by atoms with Gasteiger partial charge in [-0.05, 0) is 35.2 Å². The molecule has 0 unspecified atom stereocenters. The Morgan fingerprint density at radius 3 is 2.62 bits per heavy atom. The van der Waals surface area contributed by atoms with E-state index < -0.39 is 6.03 Å². The summed E-state index contributed by atoms with van der Waals surface area (Å²) in [4.78, 5) is 26.1. The standard InChI is InChI=1S/C15H11FN2O2S/c16-11-5-3-10(4-6-11)9-18-14(19)13(17-15(18)20)8-12-2-1-7-21-12/h1-8H,9H2,(H,17,20)/b13-8+. The molecule has 106 valence electrons. The highest BCUT2D eigenvalue weighted by molar-refractivity contribution is 7.10. The van der Waals surface area contributed by atoms with Gasteiger partial charge >= 0.3 is 6.03 Å². The minimum atomic E-state index is -0.466. The van der Waals surface area contributed by atoms with Crippen molar-refractivity contribution in [2.24, 2.45) is 0 Å². The molecule has 1 N–H and O–H groups in total. The summed E-state index contributed by atoms with van der Waals surface area (Å²) in [6.07, 6.45) is 1.65. The number of nitrogens with one attached hydrogen (secondary N) is 1. The molecule has 1 aromatic heterocycles. The molecule has 0 bridgehead atoms. The Labute approximate surface area is 124 Å². The minimum absolute atomic E-state index is 0.118. The van der Waals surface area contributed by atoms with Crippen molar-refractivity contribution in [2.75, 3.05) is 0 Å². The van der Waals surface area contributed by atoms with Gasteiger partial charge in [0.05, 0.1) is 6.54 Å². The summed E-state index contributed by atoms with van der Waals surface area (Å²) >= 11 is 1.48. The number of halogens is 1. The number of benzene rings is 1. The molecule has 1 saturated heterocycles. The van der Waals surface area contributed by atoms with Crippen LogP contribution in [0.3, 0.4) is 0 Å². The molecule has 21 heavy (non-hydrogen) atoms. The molecule has 6 heteroatoms. The maximum absolute atomic E-state index is 12.9. The minimum Gasteiger partial charge on any atom is -0.303 e. The van der Waals surface area contributed by atoms with Crippen LogP contribution < -0.4 is 5.32 Å². The first-order valence-electron chi connectivity index (χ1n) is 6.26. The zero-order valence-corrected chi connectivity index (χ0v) is 11.7. The van der Waals surface area contributed by atoms with Gasteiger partial charge in [-0.25, -0.2) is 9.18 Å². The van der Waals surface area contributed by atoms with E-state index in [4.69, 9.17) is 0 Å². The number of nitrogens with zero attached hydrogens (tertiary/aromatic N) is 1. The SMILES string of the molecule is O=C1N/C(=C/c2cccs2)C(=O)N1Cc1ccc(F)cc1. The highest BCUT2D eigenvalue weighted by Gasteiger charge is 2.33. The lowest BCUT2D eigenvalue weighted by molar-refractivity contribution is -0.123. The molecule has 0 radical (unpaired) electrons. The van der Waals surface area contributed by atoms with Gasteiger partial charge in [0.2, 0.25) is 0 Å². The summed E-state index contributed by atoms with van der Waals surface area (Å²) in [7, 11) is 0. The van der Waals surface area contributed by atoms with E-state index in [1.54, 1.807) is 18.2 Å². The van der Waals surface area contributed by atoms with Crippen LogP contribution in [-0.4, -0.2) is 16.8 Å². The van der Waals surface area contributed by atoms with Crippen LogP contribution in [0.25, 0.3) is 6.08 Å². The summed E-state index contributed by atoms with van der Waals surface area (Å²) < 4.78 is 12.9. The van der Waals surface area contributed by atoms with Crippen molar-refractivity contribution in [1.29, 1.82) is 0 Å². The fourth-order valence-electron chi connectivity index (χ4n) is 2.00. The van der Waals surface area contributed by atoms with E-state index in [0.717, 1.165) is 9.78 Å². The van der Waals surface area contributed by atoms with Crippen molar-refractivity contribution in [3.05, 3.63) is 63.7 Å². The van der Waals surface area contributed by atoms with E-state index in [2.05, 4.69) is 5.32 Å². The molecule has 3 rings (SSSR count). The van der Waals surface area contributed by atoms with Gasteiger partial charge < -0.3 is 5.32 Å². The molecular formula is C15H11FN2O2S. The molecule has 2 heterocycles. The Kier molecular flexibility index (Phi) is 3.53. The van der Waals surface area contributed by atoms with Gasteiger partial charge in [0, 0.05) is 4.88 Å². The second kappa shape index (κ2) is 5.49. The fourth-order valence-corrected chi connectivity index (χ4v) is 2.66. The topological polar surface area (TPSA) is 49.4 Å². The first-order chi connectivity index (χ1) is 10.1. The largest absolute Gasteiger partial charge is 0.329 e. The van der Waals surface area contributed by atoms with E-state index >= 15 is 0 Å². The van der Waals surface area contributed by atoms with Crippen LogP contribution in [0.5, 0.6) is 0 Å². The normalized spacial score (nSPS) is 16.6. The molecule has 2 aromatic rings. The predicted molar refractivity (Wildman–Crippen MR) is 77.8 cm³/mol. The van der Waals surface area contributed by atoms with Crippen molar-refractivity contribution in [2.45, 2.75) is 6.54 Å². The number of amides is 3. The third-order valence-corrected chi connectivity index (χ3v) is 3.87. The summed E-state index contributed by atoms with van der Waals surface area (Å²) in [6.45, 7) is 0.118. The Balaban J connectivity index is 1.79. The van der Waals surface area contributed by atoms with Crippen molar-refractivity contribution in [1.82, 2.24) is 10.2 Å². The van der Waals surface area contributed by atoms with Gasteiger partial charge in [0.25, 0.3) is 5.91 Å². The highest BCUT2D eigenvalue weighted by Crippen LogP contribution is 2.19. The maximum atomic E-state index is 12.9. The lowest BCUT2D eigenvalue weighted by atomic mass is 10.2. The van der Waals surface area contributed by atoms with Crippen LogP contribution in [0, 0.1) is 5.82 Å². The van der Waals surface area contributed by atoms with Crippen LogP contribution in [0.1, 0.15) is 10.4 Å². The molecule has 1 fully saturated rings. The summed E-state index contributed by atoms with van der Waals surface area (Å²) in [5.41, 5.74) is 0.946. The smallest absolute Gasteiger partial charge is 0.303 e. The molecule has 1 aliphatic heterocycles. The average molecular weight is 302 g/mol. The second-order valence-corrected chi connectivity index (χ2v) is 5.50. The molecular weight excluding hydrogens is 291 g/mol. The number of imide groups is 1. The monoisotopic (exact) mass is 302 g/mol. The second-order valence-electron chi connectivity index (χ2n) is 4.52. The molecule has 3 amide bonds. The van der Waals surface area contributed by atoms with Gasteiger partial charge in [0.15, 0.2) is 0 Å². The number of carbonyl (C=O) groups excluding carboxylic acids is 2. The average Bonchev–Trinajstić information content (AvgIpc) is 3.06. The van der Waals surface area contributed by atoms with Gasteiger partial charge in [-0.15, -0.1) is 11.3 Å². The summed E-state index contributed by atoms with van der Waals surface area (Å²) in [5, 5.41) is 4.45. The molecule has 0 atom stereocenters. The third kappa shape index (κ3) is 2.85. The first-order valence-corrected chi connectivity index (χ1v) is 7.14. The van der Waals surface area contributed by atoms with E-state index in [-0.39, 0.29) is 24.0 Å². The Hall–Kier alpha value is -2.47. The van der Waals surface area contributed by atoms with Crippen LogP contribution in [-0.2, 0) is 11.3 Å². The first kappa shape index (κ1) is 13.5. The van der Waals surface area contributed by atoms with Gasteiger partial charge in [-0.1, -0.05) is 18.2 Å². The molecule has 0 aliphatic carbocycles. The summed E-state index contributed by atoms with van der Waals surface area (Å²) in [6, 6.07) is 8.97. The fraction of sp³-hybridized carbons (Fsp3) is 0.0667. The third-order valence-electron chi connectivity index (χ3n) is 3.05. The van der Waals surface area contributed by atoms with Crippen LogP contribution in [0.2, 0.25) is 0 Å². The number of hydrogen-bond donors (Lipinski definition) is 1. The highest BCUT2D eigenvalue weighted by atomic mass is 32.1. The van der Waals surface area contributed by atoms with E-state index in [9.17, 15) is 14.0 Å². The number of carbonyl (C=O) groups is 2. The van der Waals surface area contributed by atoms with E-state index in [1.165, 1.54) is 23.5 Å². The van der Waals surface area contributed by atoms with Crippen molar-refractivity contribution < 1.29 is 14.0 Å². The number of thiophene rings is 1. The Bertz CT molecular complexity index is 708. The Morgan fingerprint density at radius 2 is 1.95 bits per heavy atom. The molecule has 4 nitrogen and oxygen atoms in total. The predicted octanol–water partition coefficient (Wildman–Crippen LogP) is 2.98. The van der Waals surface area contributed by atoms with Crippen molar-refractivity contribution >= 4 is 29.4 Å². The van der Waals surface area contributed by atoms with Crippen LogP contribution in [0.15, 0.2) is 47.5 Å². The molecule has 0 saturated carbocycles.